The van der Waals surface area contributed by atoms with Crippen LogP contribution in [0.1, 0.15) is 79.8 Å². The minimum absolute atomic E-state index is 0.0740. The van der Waals surface area contributed by atoms with Crippen LogP contribution in [0.4, 0.5) is 18.9 Å². The average molecular weight is 752 g/mol. The Labute approximate surface area is 318 Å². The highest BCUT2D eigenvalue weighted by Gasteiger charge is 2.36. The molecule has 0 saturated heterocycles. The molecule has 1 N–H and O–H groups in total. The third kappa shape index (κ3) is 9.72. The Hall–Kier alpha value is -5.65. The molecule has 1 atom stereocenters. The predicted molar refractivity (Wildman–Crippen MR) is 202 cm³/mol. The van der Waals surface area contributed by atoms with Gasteiger partial charge in [0.2, 0.25) is 11.8 Å². The molecule has 4 aliphatic heterocycles. The van der Waals surface area contributed by atoms with Crippen molar-refractivity contribution in [3.05, 3.63) is 126 Å². The second-order valence-electron chi connectivity index (χ2n) is 14.2. The summed E-state index contributed by atoms with van der Waals surface area (Å²) in [6.07, 6.45) is 4.58. The van der Waals surface area contributed by atoms with Crippen LogP contribution >= 0.6 is 0 Å². The smallest absolute Gasteiger partial charge is 0.416 e. The number of carbonyl (C=O) groups excluding carboxylic acids is 2. The van der Waals surface area contributed by atoms with E-state index in [0.717, 1.165) is 86.9 Å². The summed E-state index contributed by atoms with van der Waals surface area (Å²) in [5.41, 5.74) is 2.89. The van der Waals surface area contributed by atoms with E-state index in [1.807, 2.05) is 53.3 Å². The molecule has 55 heavy (non-hydrogen) atoms. The number of nitrogens with one attached hydrogen (secondary N) is 1. The number of hydrogen-bond acceptors (Lipinski definition) is 6. The molecular weight excluding hydrogens is 707 g/mol. The Morgan fingerprint density at radius 3 is 2.24 bits per heavy atom. The molecule has 8 bridgehead atoms. The molecule has 1 aliphatic carbocycles. The second kappa shape index (κ2) is 17.2. The van der Waals surface area contributed by atoms with E-state index in [-0.39, 0.29) is 24.8 Å². The Morgan fingerprint density at radius 2 is 1.49 bits per heavy atom. The third-order valence-corrected chi connectivity index (χ3v) is 10.1. The highest BCUT2D eigenvalue weighted by molar-refractivity contribution is 6.02. The summed E-state index contributed by atoms with van der Waals surface area (Å²) in [5.74, 6) is 0.471. The number of aromatic nitrogens is 3. The van der Waals surface area contributed by atoms with Crippen molar-refractivity contribution in [2.45, 2.75) is 89.2 Å². The van der Waals surface area contributed by atoms with Crippen molar-refractivity contribution in [2.75, 3.05) is 11.5 Å². The number of hydrogen-bond donors (Lipinski definition) is 1. The number of alkyl halides is 3. The van der Waals surface area contributed by atoms with Crippen LogP contribution in [0.3, 0.4) is 0 Å². The normalized spacial score (nSPS) is 17.7. The first-order valence-corrected chi connectivity index (χ1v) is 18.9. The zero-order valence-corrected chi connectivity index (χ0v) is 30.5. The highest BCUT2D eigenvalue weighted by atomic mass is 19.4. The van der Waals surface area contributed by atoms with Gasteiger partial charge in [-0.1, -0.05) is 66.9 Å². The van der Waals surface area contributed by atoms with E-state index in [0.29, 0.717) is 29.2 Å². The number of anilines is 1. The van der Waals surface area contributed by atoms with E-state index in [1.165, 1.54) is 17.0 Å². The zero-order chi connectivity index (χ0) is 38.2. The number of benzene rings is 4. The molecule has 1 aromatic heterocycles. The molecule has 10 rings (SSSR count). The summed E-state index contributed by atoms with van der Waals surface area (Å²) >= 11 is 0. The van der Waals surface area contributed by atoms with Gasteiger partial charge in [0.15, 0.2) is 0 Å². The molecule has 1 unspecified atom stereocenters. The van der Waals surface area contributed by atoms with Crippen molar-refractivity contribution in [1.82, 2.24) is 20.3 Å². The lowest BCUT2D eigenvalue weighted by Gasteiger charge is -2.34. The van der Waals surface area contributed by atoms with Crippen LogP contribution in [0.2, 0.25) is 0 Å². The van der Waals surface area contributed by atoms with Gasteiger partial charge in [0.25, 0.3) is 0 Å². The fourth-order valence-electron chi connectivity index (χ4n) is 7.20. The van der Waals surface area contributed by atoms with Crippen LogP contribution in [0.15, 0.2) is 103 Å². The van der Waals surface area contributed by atoms with Crippen LogP contribution in [-0.2, 0) is 35.3 Å². The number of nitrogens with zero attached hydrogens (tertiary/aromatic N) is 4. The Bertz CT molecular complexity index is 2040. The number of ether oxygens (including phenoxy) is 2. The van der Waals surface area contributed by atoms with Crippen LogP contribution in [0, 0.1) is 0 Å². The van der Waals surface area contributed by atoms with Gasteiger partial charge >= 0.3 is 6.18 Å². The zero-order valence-electron chi connectivity index (χ0n) is 30.5. The summed E-state index contributed by atoms with van der Waals surface area (Å²) in [4.78, 5) is 30.4. The van der Waals surface area contributed by atoms with Crippen LogP contribution in [0.25, 0.3) is 11.1 Å². The Balaban J connectivity index is 1.27. The second-order valence-corrected chi connectivity index (χ2v) is 14.2. The molecule has 2 amide bonds. The SMILES string of the molecule is O=C(NC1CCCCC1)C1c2cccc(c2)-c2ccc(cc2)OCc2cn(nn2)CCCCCOc2ccc(cc2)CC(=O)N1c1ccc(C(F)(F)F)cc1. The van der Waals surface area contributed by atoms with E-state index in [1.54, 1.807) is 30.3 Å². The minimum atomic E-state index is -4.57. The molecule has 1 saturated carbocycles. The summed E-state index contributed by atoms with van der Waals surface area (Å²) in [6.45, 7) is 1.51. The van der Waals surface area contributed by atoms with Crippen LogP contribution < -0.4 is 19.7 Å². The lowest BCUT2D eigenvalue weighted by molar-refractivity contribution is -0.137. The first kappa shape index (κ1) is 37.7. The van der Waals surface area contributed by atoms with Gasteiger partial charge in [-0.15, -0.1) is 5.10 Å². The van der Waals surface area contributed by atoms with Gasteiger partial charge in [-0.05, 0) is 109 Å². The molecular formula is C43H44F3N5O4. The minimum Gasteiger partial charge on any atom is -0.494 e. The lowest BCUT2D eigenvalue weighted by atomic mass is 9.93. The number of aryl methyl sites for hydroxylation is 1. The van der Waals surface area contributed by atoms with Crippen LogP contribution in [0.5, 0.6) is 11.5 Å². The van der Waals surface area contributed by atoms with Crippen molar-refractivity contribution in [1.29, 1.82) is 0 Å². The number of amides is 2. The van der Waals surface area contributed by atoms with E-state index < -0.39 is 29.6 Å². The molecule has 1 fully saturated rings. The van der Waals surface area contributed by atoms with Gasteiger partial charge in [0.05, 0.1) is 24.8 Å². The van der Waals surface area contributed by atoms with E-state index in [9.17, 15) is 22.8 Å². The fraction of sp³-hybridized carbons (Fsp3) is 0.349. The average Bonchev–Trinajstić information content (AvgIpc) is 3.65. The van der Waals surface area contributed by atoms with Crippen molar-refractivity contribution < 1.29 is 32.2 Å². The maximum Gasteiger partial charge on any atom is 0.416 e. The van der Waals surface area contributed by atoms with Crippen molar-refractivity contribution >= 4 is 17.5 Å². The maximum absolute atomic E-state index is 14.6. The molecule has 0 radical (unpaired) electrons. The maximum atomic E-state index is 14.6. The molecule has 5 aromatic rings. The van der Waals surface area contributed by atoms with Gasteiger partial charge in [0.1, 0.15) is 29.8 Å². The molecule has 286 valence electrons. The van der Waals surface area contributed by atoms with Crippen molar-refractivity contribution in [3.8, 4) is 22.6 Å². The first-order valence-electron chi connectivity index (χ1n) is 18.9. The third-order valence-electron chi connectivity index (χ3n) is 10.1. The monoisotopic (exact) mass is 751 g/mol. The van der Waals surface area contributed by atoms with Gasteiger partial charge in [-0.2, -0.15) is 13.2 Å². The van der Waals surface area contributed by atoms with E-state index >= 15 is 0 Å². The molecule has 4 aromatic carbocycles. The number of carbonyl (C=O) groups is 2. The quantitative estimate of drug-likeness (QED) is 0.198. The fourth-order valence-corrected chi connectivity index (χ4v) is 7.20. The molecule has 9 nitrogen and oxygen atoms in total. The Morgan fingerprint density at radius 1 is 0.782 bits per heavy atom. The summed E-state index contributed by atoms with van der Waals surface area (Å²) in [7, 11) is 0. The topological polar surface area (TPSA) is 98.6 Å². The largest absolute Gasteiger partial charge is 0.494 e. The molecule has 0 spiro atoms. The van der Waals surface area contributed by atoms with Gasteiger partial charge in [-0.25, -0.2) is 0 Å². The first-order chi connectivity index (χ1) is 26.7. The summed E-state index contributed by atoms with van der Waals surface area (Å²) in [6, 6.07) is 25.3. The van der Waals surface area contributed by atoms with Crippen LogP contribution in [-0.4, -0.2) is 39.5 Å². The number of rotatable bonds is 3. The summed E-state index contributed by atoms with van der Waals surface area (Å²) in [5, 5.41) is 11.7. The molecule has 5 aliphatic rings. The van der Waals surface area contributed by atoms with E-state index in [2.05, 4.69) is 15.6 Å². The lowest BCUT2D eigenvalue weighted by Crippen LogP contribution is -2.47. The van der Waals surface area contributed by atoms with Gasteiger partial charge in [-0.3, -0.25) is 19.2 Å². The van der Waals surface area contributed by atoms with Gasteiger partial charge in [0, 0.05) is 18.3 Å². The van der Waals surface area contributed by atoms with E-state index in [4.69, 9.17) is 9.47 Å². The predicted octanol–water partition coefficient (Wildman–Crippen LogP) is 8.87. The number of halogens is 3. The van der Waals surface area contributed by atoms with Crippen molar-refractivity contribution in [2.24, 2.45) is 0 Å². The molecule has 5 heterocycles. The standard InChI is InChI=1S/C43H44F3N5O4/c44-43(45,46)34-16-18-37(19-17-34)51-40(52)26-30-12-20-38(21-13-30)54-25-6-2-5-24-50-28-36(48-49-50)29-55-39-22-14-31(15-23-39)32-8-7-9-33(27-32)41(51)42(53)47-35-10-3-1-4-11-35/h7-9,12-23,27-28,35,41H,1-6,10-11,24-26,29H2,(H,47,53). The summed E-state index contributed by atoms with van der Waals surface area (Å²) < 4.78 is 54.9. The Kier molecular flexibility index (Phi) is 11.8. The molecule has 12 heteroatoms. The van der Waals surface area contributed by atoms with Gasteiger partial charge < -0.3 is 14.8 Å². The highest BCUT2D eigenvalue weighted by Crippen LogP contribution is 2.36. The van der Waals surface area contributed by atoms with Crippen molar-refractivity contribution in [3.63, 3.8) is 0 Å².